The van der Waals surface area contributed by atoms with Crippen LogP contribution < -0.4 is 5.32 Å². The van der Waals surface area contributed by atoms with Crippen LogP contribution in [0, 0.1) is 5.82 Å². The van der Waals surface area contributed by atoms with E-state index in [0.717, 1.165) is 13.0 Å². The van der Waals surface area contributed by atoms with Crippen LogP contribution in [0.15, 0.2) is 29.8 Å². The zero-order valence-electron chi connectivity index (χ0n) is 13.5. The minimum Gasteiger partial charge on any atom is -0.337 e. The third-order valence-electron chi connectivity index (χ3n) is 3.92. The second-order valence-corrected chi connectivity index (χ2v) is 6.56. The van der Waals surface area contributed by atoms with Crippen LogP contribution in [0.4, 0.5) is 9.52 Å². The number of aromatic nitrogens is 2. The highest BCUT2D eigenvalue weighted by Crippen LogP contribution is 2.12. The molecule has 0 unspecified atom stereocenters. The topological polar surface area (TPSA) is 78.4 Å². The zero-order chi connectivity index (χ0) is 17.6. The Morgan fingerprint density at radius 1 is 1.24 bits per heavy atom. The van der Waals surface area contributed by atoms with Gasteiger partial charge in [-0.05, 0) is 24.6 Å². The molecule has 25 heavy (non-hydrogen) atoms. The van der Waals surface area contributed by atoms with Crippen molar-refractivity contribution in [1.82, 2.24) is 20.0 Å². The SMILES string of the molecule is O=C(CN1CCCN(C(=O)c2cccc(F)c2)CC1)Nc1nncs1. The van der Waals surface area contributed by atoms with Crippen LogP contribution in [0.25, 0.3) is 0 Å². The normalized spacial score (nSPS) is 15.6. The minimum atomic E-state index is -0.421. The number of amides is 2. The Morgan fingerprint density at radius 3 is 2.88 bits per heavy atom. The number of nitrogens with one attached hydrogen (secondary N) is 1. The zero-order valence-corrected chi connectivity index (χ0v) is 14.3. The van der Waals surface area contributed by atoms with Crippen LogP contribution in [0.1, 0.15) is 16.8 Å². The molecule has 0 atom stereocenters. The quantitative estimate of drug-likeness (QED) is 0.890. The lowest BCUT2D eigenvalue weighted by Crippen LogP contribution is -2.38. The van der Waals surface area contributed by atoms with Gasteiger partial charge in [0.25, 0.3) is 5.91 Å². The fraction of sp³-hybridized carbons (Fsp3) is 0.375. The van der Waals surface area contributed by atoms with Gasteiger partial charge in [-0.25, -0.2) is 4.39 Å². The van der Waals surface area contributed by atoms with Gasteiger partial charge in [-0.2, -0.15) is 0 Å². The Kier molecular flexibility index (Phi) is 5.67. The molecule has 2 aromatic rings. The first-order chi connectivity index (χ1) is 12.1. The first kappa shape index (κ1) is 17.4. The predicted octanol–water partition coefficient (Wildman–Crippen LogP) is 1.46. The number of halogens is 1. The number of anilines is 1. The maximum atomic E-state index is 13.3. The molecule has 1 aliphatic heterocycles. The molecule has 9 heteroatoms. The average Bonchev–Trinajstić information content (AvgIpc) is 2.99. The van der Waals surface area contributed by atoms with Gasteiger partial charge in [0, 0.05) is 31.7 Å². The predicted molar refractivity (Wildman–Crippen MR) is 91.9 cm³/mol. The van der Waals surface area contributed by atoms with E-state index in [9.17, 15) is 14.0 Å². The molecule has 3 rings (SSSR count). The molecule has 2 amide bonds. The second-order valence-electron chi connectivity index (χ2n) is 5.72. The number of hydrogen-bond acceptors (Lipinski definition) is 6. The molecule has 0 radical (unpaired) electrons. The van der Waals surface area contributed by atoms with E-state index in [1.165, 1.54) is 29.5 Å². The molecule has 0 spiro atoms. The number of benzene rings is 1. The van der Waals surface area contributed by atoms with Gasteiger partial charge in [0.15, 0.2) is 0 Å². The van der Waals surface area contributed by atoms with Gasteiger partial charge in [-0.15, -0.1) is 10.2 Å². The van der Waals surface area contributed by atoms with E-state index in [1.807, 2.05) is 4.90 Å². The van der Waals surface area contributed by atoms with Crippen molar-refractivity contribution in [1.29, 1.82) is 0 Å². The molecule has 1 aliphatic rings. The Balaban J connectivity index is 1.53. The second kappa shape index (κ2) is 8.13. The van der Waals surface area contributed by atoms with Crippen molar-refractivity contribution in [2.24, 2.45) is 0 Å². The third-order valence-corrected chi connectivity index (χ3v) is 4.53. The van der Waals surface area contributed by atoms with Crippen molar-refractivity contribution in [3.8, 4) is 0 Å². The van der Waals surface area contributed by atoms with Crippen LogP contribution in [0.3, 0.4) is 0 Å². The standard InChI is InChI=1S/C16H18FN5O2S/c17-13-4-1-3-12(9-13)15(24)22-6-2-5-21(7-8-22)10-14(23)19-16-20-18-11-25-16/h1,3-4,9,11H,2,5-8,10H2,(H,19,20,23). The van der Waals surface area contributed by atoms with Crippen molar-refractivity contribution in [3.63, 3.8) is 0 Å². The summed E-state index contributed by atoms with van der Waals surface area (Å²) in [4.78, 5) is 28.2. The molecule has 1 aromatic heterocycles. The Morgan fingerprint density at radius 2 is 2.12 bits per heavy atom. The lowest BCUT2D eigenvalue weighted by atomic mass is 10.2. The number of hydrogen-bond donors (Lipinski definition) is 1. The van der Waals surface area contributed by atoms with Crippen LogP contribution >= 0.6 is 11.3 Å². The third kappa shape index (κ3) is 4.80. The van der Waals surface area contributed by atoms with Crippen molar-refractivity contribution in [3.05, 3.63) is 41.2 Å². The summed E-state index contributed by atoms with van der Waals surface area (Å²) < 4.78 is 13.3. The van der Waals surface area contributed by atoms with Gasteiger partial charge < -0.3 is 4.90 Å². The summed E-state index contributed by atoms with van der Waals surface area (Å²) in [7, 11) is 0. The van der Waals surface area contributed by atoms with E-state index in [1.54, 1.807) is 16.5 Å². The molecular weight excluding hydrogens is 345 g/mol. The van der Waals surface area contributed by atoms with Crippen LogP contribution in [0.5, 0.6) is 0 Å². The van der Waals surface area contributed by atoms with Crippen molar-refractivity contribution >= 4 is 28.3 Å². The minimum absolute atomic E-state index is 0.151. The molecule has 1 saturated heterocycles. The van der Waals surface area contributed by atoms with Crippen LogP contribution in [0.2, 0.25) is 0 Å². The Labute approximate surface area is 148 Å². The van der Waals surface area contributed by atoms with E-state index < -0.39 is 5.82 Å². The van der Waals surface area contributed by atoms with Gasteiger partial charge in [-0.3, -0.25) is 19.8 Å². The molecule has 2 heterocycles. The molecule has 132 valence electrons. The largest absolute Gasteiger partial charge is 0.337 e. The van der Waals surface area contributed by atoms with E-state index in [4.69, 9.17) is 0 Å². The maximum Gasteiger partial charge on any atom is 0.254 e. The molecule has 0 bridgehead atoms. The van der Waals surface area contributed by atoms with E-state index >= 15 is 0 Å². The van der Waals surface area contributed by atoms with Gasteiger partial charge in [0.2, 0.25) is 11.0 Å². The maximum absolute atomic E-state index is 13.3. The van der Waals surface area contributed by atoms with Crippen molar-refractivity contribution in [2.45, 2.75) is 6.42 Å². The van der Waals surface area contributed by atoms with E-state index in [0.29, 0.717) is 30.3 Å². The molecule has 7 nitrogen and oxygen atoms in total. The first-order valence-electron chi connectivity index (χ1n) is 7.95. The summed E-state index contributed by atoms with van der Waals surface area (Å²) in [5.74, 6) is -0.753. The van der Waals surface area contributed by atoms with Gasteiger partial charge >= 0.3 is 0 Å². The number of carbonyl (C=O) groups is 2. The fourth-order valence-corrected chi connectivity index (χ4v) is 3.19. The first-order valence-corrected chi connectivity index (χ1v) is 8.83. The highest BCUT2D eigenvalue weighted by Gasteiger charge is 2.21. The van der Waals surface area contributed by atoms with Gasteiger partial charge in [-0.1, -0.05) is 17.4 Å². The molecule has 1 N–H and O–H groups in total. The molecule has 1 fully saturated rings. The molecule has 0 aliphatic carbocycles. The summed E-state index contributed by atoms with van der Waals surface area (Å²) in [5.41, 5.74) is 1.90. The van der Waals surface area contributed by atoms with E-state index in [-0.39, 0.29) is 18.4 Å². The summed E-state index contributed by atoms with van der Waals surface area (Å²) >= 11 is 1.26. The molecule has 1 aromatic carbocycles. The molecule has 0 saturated carbocycles. The summed E-state index contributed by atoms with van der Waals surface area (Å²) in [6.07, 6.45) is 0.757. The van der Waals surface area contributed by atoms with Crippen molar-refractivity contribution in [2.75, 3.05) is 38.0 Å². The van der Waals surface area contributed by atoms with Crippen LogP contribution in [-0.2, 0) is 4.79 Å². The monoisotopic (exact) mass is 363 g/mol. The Hall–Kier alpha value is -2.39. The Bertz CT molecular complexity index is 740. The number of rotatable bonds is 4. The highest BCUT2D eigenvalue weighted by molar-refractivity contribution is 7.13. The van der Waals surface area contributed by atoms with E-state index in [2.05, 4.69) is 15.5 Å². The summed E-state index contributed by atoms with van der Waals surface area (Å²) in [6, 6.07) is 5.71. The summed E-state index contributed by atoms with van der Waals surface area (Å²) in [5, 5.41) is 10.6. The van der Waals surface area contributed by atoms with Gasteiger partial charge in [0.1, 0.15) is 11.3 Å². The highest BCUT2D eigenvalue weighted by atomic mass is 32.1. The van der Waals surface area contributed by atoms with Gasteiger partial charge in [0.05, 0.1) is 6.54 Å². The fourth-order valence-electron chi connectivity index (χ4n) is 2.73. The lowest BCUT2D eigenvalue weighted by molar-refractivity contribution is -0.117. The lowest BCUT2D eigenvalue weighted by Gasteiger charge is -2.21. The smallest absolute Gasteiger partial charge is 0.254 e. The summed E-state index contributed by atoms with van der Waals surface area (Å²) in [6.45, 7) is 2.63. The van der Waals surface area contributed by atoms with Crippen LogP contribution in [-0.4, -0.2) is 64.5 Å². The van der Waals surface area contributed by atoms with Crippen molar-refractivity contribution < 1.29 is 14.0 Å². The molecular formula is C16H18FN5O2S. The number of nitrogens with zero attached hydrogens (tertiary/aromatic N) is 4. The average molecular weight is 363 g/mol. The number of carbonyl (C=O) groups excluding carboxylic acids is 2.